The number of rotatable bonds is 3. The predicted molar refractivity (Wildman–Crippen MR) is 79.9 cm³/mol. The van der Waals surface area contributed by atoms with Gasteiger partial charge in [-0.15, -0.1) is 0 Å². The summed E-state index contributed by atoms with van der Waals surface area (Å²) in [5.74, 6) is 0. The molecule has 0 aliphatic carbocycles. The van der Waals surface area contributed by atoms with Crippen LogP contribution in [-0.2, 0) is 6.54 Å². The summed E-state index contributed by atoms with van der Waals surface area (Å²) >= 11 is 3.58. The van der Waals surface area contributed by atoms with Crippen LogP contribution < -0.4 is 5.32 Å². The van der Waals surface area contributed by atoms with Crippen LogP contribution in [0.4, 0.5) is 5.69 Å². The van der Waals surface area contributed by atoms with Crippen molar-refractivity contribution in [1.82, 2.24) is 4.98 Å². The summed E-state index contributed by atoms with van der Waals surface area (Å²) < 4.78 is 1.18. The zero-order valence-electron chi connectivity index (χ0n) is 10.9. The van der Waals surface area contributed by atoms with E-state index in [2.05, 4.69) is 65.2 Å². The third kappa shape index (κ3) is 2.91. The quantitative estimate of drug-likeness (QED) is 0.910. The van der Waals surface area contributed by atoms with E-state index in [4.69, 9.17) is 0 Å². The smallest absolute Gasteiger partial charge is 0.0623 e. The van der Waals surface area contributed by atoms with Crippen molar-refractivity contribution in [2.24, 2.45) is 0 Å². The summed E-state index contributed by atoms with van der Waals surface area (Å²) in [4.78, 5) is 4.38. The van der Waals surface area contributed by atoms with Gasteiger partial charge in [-0.25, -0.2) is 0 Å². The lowest BCUT2D eigenvalue weighted by molar-refractivity contribution is 1.02. The number of nitrogens with zero attached hydrogens (tertiary/aromatic N) is 1. The van der Waals surface area contributed by atoms with E-state index in [9.17, 15) is 0 Å². The molecular weight excluding hydrogens is 288 g/mol. The van der Waals surface area contributed by atoms with Crippen LogP contribution in [0.1, 0.15) is 22.4 Å². The first-order valence-electron chi connectivity index (χ1n) is 5.99. The lowest BCUT2D eigenvalue weighted by Crippen LogP contribution is -2.04. The van der Waals surface area contributed by atoms with Crippen LogP contribution in [0.2, 0.25) is 0 Å². The van der Waals surface area contributed by atoms with Crippen molar-refractivity contribution in [2.45, 2.75) is 27.3 Å². The number of aromatic nitrogens is 1. The number of benzene rings is 1. The van der Waals surface area contributed by atoms with E-state index >= 15 is 0 Å². The summed E-state index contributed by atoms with van der Waals surface area (Å²) in [5, 5.41) is 3.43. The standard InChI is InChI=1S/C15H17BrN2/c1-10-5-4-6-17-14(10)9-18-13-7-11(2)15(16)12(3)8-13/h4-8,18H,9H2,1-3H3. The lowest BCUT2D eigenvalue weighted by Gasteiger charge is -2.11. The number of halogens is 1. The van der Waals surface area contributed by atoms with E-state index < -0.39 is 0 Å². The first-order valence-corrected chi connectivity index (χ1v) is 6.78. The van der Waals surface area contributed by atoms with Crippen molar-refractivity contribution in [3.63, 3.8) is 0 Å². The highest BCUT2D eigenvalue weighted by Crippen LogP contribution is 2.25. The molecule has 0 saturated heterocycles. The third-order valence-corrected chi connectivity index (χ3v) is 4.27. The van der Waals surface area contributed by atoms with E-state index in [0.29, 0.717) is 0 Å². The van der Waals surface area contributed by atoms with Crippen molar-refractivity contribution in [2.75, 3.05) is 5.32 Å². The van der Waals surface area contributed by atoms with Crippen molar-refractivity contribution in [3.8, 4) is 0 Å². The molecule has 3 heteroatoms. The van der Waals surface area contributed by atoms with Gasteiger partial charge in [0, 0.05) is 16.4 Å². The van der Waals surface area contributed by atoms with E-state index in [1.54, 1.807) is 0 Å². The summed E-state index contributed by atoms with van der Waals surface area (Å²) in [5.41, 5.74) is 5.94. The Labute approximate surface area is 117 Å². The average molecular weight is 305 g/mol. The second-order valence-corrected chi connectivity index (χ2v) is 5.34. The minimum absolute atomic E-state index is 0.757. The van der Waals surface area contributed by atoms with E-state index in [0.717, 1.165) is 17.9 Å². The van der Waals surface area contributed by atoms with E-state index in [1.165, 1.54) is 21.2 Å². The second-order valence-electron chi connectivity index (χ2n) is 4.54. The molecule has 18 heavy (non-hydrogen) atoms. The molecule has 1 heterocycles. The molecule has 0 spiro atoms. The van der Waals surface area contributed by atoms with Crippen molar-refractivity contribution < 1.29 is 0 Å². The molecule has 0 radical (unpaired) electrons. The summed E-state index contributed by atoms with van der Waals surface area (Å²) in [6.07, 6.45) is 1.84. The molecule has 94 valence electrons. The Balaban J connectivity index is 2.14. The highest BCUT2D eigenvalue weighted by atomic mass is 79.9. The molecule has 0 amide bonds. The molecule has 0 fully saturated rings. The van der Waals surface area contributed by atoms with Gasteiger partial charge >= 0.3 is 0 Å². The molecule has 0 atom stereocenters. The third-order valence-electron chi connectivity index (χ3n) is 3.01. The fourth-order valence-corrected chi connectivity index (χ4v) is 2.17. The number of aryl methyl sites for hydroxylation is 3. The van der Waals surface area contributed by atoms with Crippen LogP contribution in [0.3, 0.4) is 0 Å². The van der Waals surface area contributed by atoms with Crippen molar-refractivity contribution in [3.05, 3.63) is 57.3 Å². The SMILES string of the molecule is Cc1cccnc1CNc1cc(C)c(Br)c(C)c1. The topological polar surface area (TPSA) is 24.9 Å². The van der Waals surface area contributed by atoms with Gasteiger partial charge < -0.3 is 5.32 Å². The fourth-order valence-electron chi connectivity index (χ4n) is 1.94. The van der Waals surface area contributed by atoms with Crippen LogP contribution in [0.25, 0.3) is 0 Å². The Morgan fingerprint density at radius 1 is 1.11 bits per heavy atom. The molecule has 0 saturated carbocycles. The fraction of sp³-hybridized carbons (Fsp3) is 0.267. The molecule has 2 rings (SSSR count). The normalized spacial score (nSPS) is 10.4. The second kappa shape index (κ2) is 5.53. The summed E-state index contributed by atoms with van der Waals surface area (Å²) in [6, 6.07) is 8.35. The van der Waals surface area contributed by atoms with E-state index in [-0.39, 0.29) is 0 Å². The van der Waals surface area contributed by atoms with Crippen LogP contribution in [0.5, 0.6) is 0 Å². The van der Waals surface area contributed by atoms with Gasteiger partial charge in [0.25, 0.3) is 0 Å². The largest absolute Gasteiger partial charge is 0.379 e. The molecule has 0 bridgehead atoms. The molecule has 1 N–H and O–H groups in total. The van der Waals surface area contributed by atoms with Gasteiger partial charge in [0.15, 0.2) is 0 Å². The molecule has 1 aromatic carbocycles. The lowest BCUT2D eigenvalue weighted by atomic mass is 10.1. The maximum Gasteiger partial charge on any atom is 0.0623 e. The first-order chi connectivity index (χ1) is 8.58. The molecule has 0 aliphatic heterocycles. The summed E-state index contributed by atoms with van der Waals surface area (Å²) in [6.45, 7) is 7.05. The van der Waals surface area contributed by atoms with E-state index in [1.807, 2.05) is 12.3 Å². The van der Waals surface area contributed by atoms with Gasteiger partial charge in [-0.3, -0.25) is 4.98 Å². The summed E-state index contributed by atoms with van der Waals surface area (Å²) in [7, 11) is 0. The van der Waals surface area contributed by atoms with Crippen molar-refractivity contribution >= 4 is 21.6 Å². The number of hydrogen-bond acceptors (Lipinski definition) is 2. The Morgan fingerprint density at radius 2 is 1.78 bits per heavy atom. The number of nitrogens with one attached hydrogen (secondary N) is 1. The maximum absolute atomic E-state index is 4.38. The molecule has 2 nitrogen and oxygen atoms in total. The van der Waals surface area contributed by atoms with Gasteiger partial charge in [0.1, 0.15) is 0 Å². The average Bonchev–Trinajstić information content (AvgIpc) is 2.35. The zero-order valence-corrected chi connectivity index (χ0v) is 12.5. The van der Waals surface area contributed by atoms with Gasteiger partial charge in [-0.05, 0) is 55.7 Å². The minimum Gasteiger partial charge on any atom is -0.379 e. The highest BCUT2D eigenvalue weighted by molar-refractivity contribution is 9.10. The predicted octanol–water partition coefficient (Wildman–Crippen LogP) is 4.38. The monoisotopic (exact) mass is 304 g/mol. The minimum atomic E-state index is 0.757. The van der Waals surface area contributed by atoms with Gasteiger partial charge in [0.2, 0.25) is 0 Å². The zero-order chi connectivity index (χ0) is 13.1. The van der Waals surface area contributed by atoms with Gasteiger partial charge in [0.05, 0.1) is 12.2 Å². The van der Waals surface area contributed by atoms with Crippen LogP contribution in [0.15, 0.2) is 34.9 Å². The maximum atomic E-state index is 4.38. The van der Waals surface area contributed by atoms with Crippen LogP contribution >= 0.6 is 15.9 Å². The van der Waals surface area contributed by atoms with Gasteiger partial charge in [-0.1, -0.05) is 22.0 Å². The first kappa shape index (κ1) is 13.1. The number of anilines is 1. The molecule has 2 aromatic rings. The van der Waals surface area contributed by atoms with Crippen molar-refractivity contribution in [1.29, 1.82) is 0 Å². The van der Waals surface area contributed by atoms with Gasteiger partial charge in [-0.2, -0.15) is 0 Å². The molecule has 0 unspecified atom stereocenters. The number of hydrogen-bond donors (Lipinski definition) is 1. The van der Waals surface area contributed by atoms with Crippen LogP contribution in [-0.4, -0.2) is 4.98 Å². The molecular formula is C15H17BrN2. The molecule has 1 aromatic heterocycles. The Morgan fingerprint density at radius 3 is 2.39 bits per heavy atom. The Kier molecular flexibility index (Phi) is 4.02. The Bertz CT molecular complexity index is 541. The number of pyridine rings is 1. The Hall–Kier alpha value is -1.35. The van der Waals surface area contributed by atoms with Crippen LogP contribution in [0, 0.1) is 20.8 Å². The molecule has 0 aliphatic rings. The highest BCUT2D eigenvalue weighted by Gasteiger charge is 2.03.